The van der Waals surface area contributed by atoms with Crippen molar-refractivity contribution in [3.63, 3.8) is 0 Å². The third-order valence-corrected chi connectivity index (χ3v) is 13.2. The number of ether oxygens (including phenoxy) is 1. The maximum absolute atomic E-state index is 7.04. The van der Waals surface area contributed by atoms with Gasteiger partial charge in [0.2, 0.25) is 0 Å². The Hall–Kier alpha value is -7.04. The second-order valence-electron chi connectivity index (χ2n) is 17.1. The van der Waals surface area contributed by atoms with Gasteiger partial charge in [-0.15, -0.1) is 0 Å². The lowest BCUT2D eigenvalue weighted by Gasteiger charge is -2.40. The van der Waals surface area contributed by atoms with Gasteiger partial charge in [-0.25, -0.2) is 0 Å². The van der Waals surface area contributed by atoms with E-state index < -0.39 is 0 Å². The van der Waals surface area contributed by atoms with E-state index in [1.165, 1.54) is 82.7 Å². The summed E-state index contributed by atoms with van der Waals surface area (Å²) in [7, 11) is 0. The highest BCUT2D eigenvalue weighted by Crippen LogP contribution is 2.52. The van der Waals surface area contributed by atoms with E-state index in [0.29, 0.717) is 0 Å². The molecule has 3 nitrogen and oxygen atoms in total. The molecule has 0 spiro atoms. The summed E-state index contributed by atoms with van der Waals surface area (Å²) in [6.45, 7) is 9.09. The molecule has 0 saturated heterocycles. The zero-order valence-corrected chi connectivity index (χ0v) is 33.6. The first-order valence-corrected chi connectivity index (χ1v) is 20.7. The van der Waals surface area contributed by atoms with Crippen molar-refractivity contribution < 1.29 is 4.74 Å². The van der Waals surface area contributed by atoms with Gasteiger partial charge >= 0.3 is 0 Å². The van der Waals surface area contributed by atoms with E-state index in [4.69, 9.17) is 4.74 Å². The fraction of sp³-hybridized carbons (Fsp3) is 0.0909. The number of benzene rings is 9. The Morgan fingerprint density at radius 3 is 1.90 bits per heavy atom. The average Bonchev–Trinajstić information content (AvgIpc) is 3.47. The van der Waals surface area contributed by atoms with Crippen LogP contribution in [0.25, 0.3) is 32.7 Å². The second kappa shape index (κ2) is 12.5. The van der Waals surface area contributed by atoms with Gasteiger partial charge < -0.3 is 14.5 Å². The fourth-order valence-corrected chi connectivity index (χ4v) is 10.2. The summed E-state index contributed by atoms with van der Waals surface area (Å²) in [6.07, 6.45) is 0. The number of hydrogen-bond donors (Lipinski definition) is 0. The van der Waals surface area contributed by atoms with Crippen LogP contribution >= 0.6 is 0 Å². The molecule has 0 N–H and O–H groups in total. The Balaban J connectivity index is 1.03. The number of anilines is 6. The number of nitrogens with zero attached hydrogens (tertiary/aromatic N) is 2. The Bertz CT molecular complexity index is 3140. The van der Waals surface area contributed by atoms with Gasteiger partial charge in [-0.3, -0.25) is 0 Å². The lowest BCUT2D eigenvalue weighted by Crippen LogP contribution is -2.59. The van der Waals surface area contributed by atoms with Gasteiger partial charge in [-0.05, 0) is 159 Å². The molecule has 4 heteroatoms. The molecular formula is C55H41BN2O. The number of hydrogen-bond acceptors (Lipinski definition) is 3. The molecule has 3 aliphatic rings. The highest BCUT2D eigenvalue weighted by Gasteiger charge is 2.45. The van der Waals surface area contributed by atoms with Crippen LogP contribution in [0.1, 0.15) is 36.1 Å². The molecule has 0 bridgehead atoms. The molecule has 2 heterocycles. The predicted octanol–water partition coefficient (Wildman–Crippen LogP) is 12.8. The summed E-state index contributed by atoms with van der Waals surface area (Å²) in [4.78, 5) is 4.80. The van der Waals surface area contributed by atoms with E-state index in [1.54, 1.807) is 0 Å². The van der Waals surface area contributed by atoms with Gasteiger partial charge in [0, 0.05) is 39.5 Å². The van der Waals surface area contributed by atoms with Crippen LogP contribution in [0.4, 0.5) is 34.1 Å². The summed E-state index contributed by atoms with van der Waals surface area (Å²) in [5, 5.41) is 4.99. The van der Waals surface area contributed by atoms with E-state index in [2.05, 4.69) is 213 Å². The second-order valence-corrected chi connectivity index (χ2v) is 17.1. The Morgan fingerprint density at radius 2 is 1.14 bits per heavy atom. The molecular weight excluding hydrogens is 715 g/mol. The monoisotopic (exact) mass is 756 g/mol. The van der Waals surface area contributed by atoms with Crippen LogP contribution in [-0.2, 0) is 5.41 Å². The maximum Gasteiger partial charge on any atom is 0.257 e. The van der Waals surface area contributed by atoms with Crippen LogP contribution in [-0.4, -0.2) is 6.71 Å². The molecule has 9 aromatic carbocycles. The highest BCUT2D eigenvalue weighted by atomic mass is 16.5. The van der Waals surface area contributed by atoms with Crippen LogP contribution in [0.3, 0.4) is 0 Å². The molecule has 0 radical (unpaired) electrons. The zero-order valence-electron chi connectivity index (χ0n) is 33.6. The third kappa shape index (κ3) is 5.02. The number of aryl methyl sites for hydroxylation is 2. The summed E-state index contributed by atoms with van der Waals surface area (Å²) >= 11 is 0. The van der Waals surface area contributed by atoms with Crippen molar-refractivity contribution >= 4 is 78.8 Å². The first kappa shape index (κ1) is 34.0. The molecule has 2 aliphatic heterocycles. The lowest BCUT2D eigenvalue weighted by molar-refractivity contribution is 0.487. The Morgan fingerprint density at radius 1 is 0.492 bits per heavy atom. The fourth-order valence-electron chi connectivity index (χ4n) is 10.2. The quantitative estimate of drug-likeness (QED) is 0.166. The third-order valence-electron chi connectivity index (χ3n) is 13.2. The molecule has 0 atom stereocenters. The van der Waals surface area contributed by atoms with Crippen LogP contribution in [0.2, 0.25) is 0 Å². The molecule has 280 valence electrons. The van der Waals surface area contributed by atoms with Gasteiger partial charge in [0.05, 0.1) is 0 Å². The summed E-state index contributed by atoms with van der Waals surface area (Å²) in [5.74, 6) is 1.87. The molecule has 0 amide bonds. The zero-order chi connectivity index (χ0) is 39.6. The van der Waals surface area contributed by atoms with Crippen molar-refractivity contribution in [2.24, 2.45) is 0 Å². The number of rotatable bonds is 4. The van der Waals surface area contributed by atoms with E-state index >= 15 is 0 Å². The van der Waals surface area contributed by atoms with E-state index in [0.717, 1.165) is 34.2 Å². The molecule has 0 aromatic heterocycles. The number of para-hydroxylation sites is 1. The van der Waals surface area contributed by atoms with Gasteiger partial charge in [0.15, 0.2) is 0 Å². The van der Waals surface area contributed by atoms with Gasteiger partial charge in [-0.1, -0.05) is 116 Å². The smallest absolute Gasteiger partial charge is 0.257 e. The van der Waals surface area contributed by atoms with E-state index in [9.17, 15) is 0 Å². The Labute approximate surface area is 345 Å². The first-order valence-electron chi connectivity index (χ1n) is 20.7. The summed E-state index contributed by atoms with van der Waals surface area (Å²) < 4.78 is 7.04. The maximum atomic E-state index is 7.04. The minimum absolute atomic E-state index is 0.00647. The Kier molecular flexibility index (Phi) is 7.20. The SMILES string of the molecule is Cc1ccc(N(c2ccc(C)cc2)c2ccc3cc4c(cc3c2)C(C)(C)c2cc3c(cc2-4)Oc2cccc4c2B3c2c(ccc3ccccc23)N4c2ccccc2)cc1. The molecule has 1 aliphatic carbocycles. The number of fused-ring (bicyclic) bond motifs is 10. The average molecular weight is 757 g/mol. The van der Waals surface area contributed by atoms with Gasteiger partial charge in [0.25, 0.3) is 6.71 Å². The molecule has 59 heavy (non-hydrogen) atoms. The normalized spacial score (nSPS) is 14.0. The predicted molar refractivity (Wildman–Crippen MR) is 249 cm³/mol. The largest absolute Gasteiger partial charge is 0.458 e. The van der Waals surface area contributed by atoms with Crippen molar-refractivity contribution in [2.75, 3.05) is 9.80 Å². The molecule has 12 rings (SSSR count). The topological polar surface area (TPSA) is 15.7 Å². The van der Waals surface area contributed by atoms with Crippen LogP contribution in [0.5, 0.6) is 11.5 Å². The highest BCUT2D eigenvalue weighted by molar-refractivity contribution is 7.00. The van der Waals surface area contributed by atoms with Crippen molar-refractivity contribution in [1.82, 2.24) is 0 Å². The summed E-state index contributed by atoms with van der Waals surface area (Å²) in [6, 6.07) is 65.1. The summed E-state index contributed by atoms with van der Waals surface area (Å²) in [5.41, 5.74) is 18.3. The molecule has 0 fully saturated rings. The van der Waals surface area contributed by atoms with E-state index in [1.807, 2.05) is 0 Å². The van der Waals surface area contributed by atoms with Gasteiger partial charge in [-0.2, -0.15) is 0 Å². The van der Waals surface area contributed by atoms with Crippen LogP contribution in [0.15, 0.2) is 176 Å². The van der Waals surface area contributed by atoms with Crippen molar-refractivity contribution in [3.8, 4) is 22.6 Å². The minimum Gasteiger partial charge on any atom is -0.458 e. The van der Waals surface area contributed by atoms with Crippen LogP contribution in [0, 0.1) is 13.8 Å². The lowest BCUT2D eigenvalue weighted by atomic mass is 9.33. The molecule has 0 unspecified atom stereocenters. The van der Waals surface area contributed by atoms with Crippen molar-refractivity contribution in [2.45, 2.75) is 33.1 Å². The van der Waals surface area contributed by atoms with Gasteiger partial charge in [0.1, 0.15) is 11.5 Å². The van der Waals surface area contributed by atoms with E-state index in [-0.39, 0.29) is 12.1 Å². The van der Waals surface area contributed by atoms with Crippen molar-refractivity contribution in [1.29, 1.82) is 0 Å². The van der Waals surface area contributed by atoms with Crippen molar-refractivity contribution in [3.05, 3.63) is 198 Å². The first-order chi connectivity index (χ1) is 28.8. The molecule has 0 saturated carbocycles. The van der Waals surface area contributed by atoms with Crippen LogP contribution < -0.4 is 30.9 Å². The minimum atomic E-state index is -0.233. The standard InChI is InChI=1S/C55H41BN2O/c1-34-17-23-40(24-18-34)57(41-25-19-35(2)20-26-41)42-27-21-37-30-44-45-32-52-48(33-47(45)55(3,4)46(44)31-38(37)29-42)56-53-43-14-9-8-11-36(43)22-28-50(53)58(39-12-6-5-7-13-39)49-15-10-16-51(59-52)54(49)56/h5-33H,1-4H3. The molecule has 9 aromatic rings.